The number of fused-ring (bicyclic) bond motifs is 2. The van der Waals surface area contributed by atoms with Crippen LogP contribution in [0, 0.1) is 13.8 Å². The van der Waals surface area contributed by atoms with Crippen LogP contribution in [-0.2, 0) is 46.8 Å². The van der Waals surface area contributed by atoms with E-state index in [1.54, 1.807) is 15.4 Å². The molecule has 6 aromatic rings. The molecule has 13 nitrogen and oxygen atoms in total. The van der Waals surface area contributed by atoms with Crippen LogP contribution < -0.4 is 11.2 Å². The van der Waals surface area contributed by atoms with Crippen LogP contribution in [0.5, 0.6) is 0 Å². The normalized spacial score (nSPS) is 14.7. The van der Waals surface area contributed by atoms with E-state index in [1.165, 1.54) is 24.8 Å². The lowest BCUT2D eigenvalue weighted by Crippen LogP contribution is -2.30. The van der Waals surface area contributed by atoms with Crippen LogP contribution in [0.4, 0.5) is 0 Å². The van der Waals surface area contributed by atoms with Crippen molar-refractivity contribution in [2.45, 2.75) is 92.5 Å². The molecular weight excluding hydrogens is 667 g/mol. The molecule has 7 rings (SSSR count). The van der Waals surface area contributed by atoms with Crippen LogP contribution >= 0.6 is 0 Å². The lowest BCUT2D eigenvalue weighted by atomic mass is 10.1. The van der Waals surface area contributed by atoms with Crippen LogP contribution in [0.1, 0.15) is 83.9 Å². The number of aryl methyl sites for hydroxylation is 8. The predicted molar refractivity (Wildman–Crippen MR) is 205 cm³/mol. The fraction of sp³-hybridized carbons (Fsp3) is 0.450. The van der Waals surface area contributed by atoms with Crippen LogP contribution in [0.25, 0.3) is 22.1 Å². The first-order valence-corrected chi connectivity index (χ1v) is 19.0. The molecule has 1 aliphatic heterocycles. The van der Waals surface area contributed by atoms with Gasteiger partial charge in [0.05, 0.1) is 33.5 Å². The molecule has 0 aliphatic carbocycles. The fourth-order valence-electron chi connectivity index (χ4n) is 7.86. The highest BCUT2D eigenvalue weighted by Crippen LogP contribution is 2.23. The first-order valence-electron chi connectivity index (χ1n) is 19.0. The summed E-state index contributed by atoms with van der Waals surface area (Å²) in [6.07, 6.45) is 5.35. The lowest BCUT2D eigenvalue weighted by molar-refractivity contribution is 0.0977. The number of carbonyl (C=O) groups excluding carboxylic acids is 2. The number of amides is 2. The van der Waals surface area contributed by atoms with Crippen molar-refractivity contribution < 1.29 is 9.59 Å². The molecule has 0 radical (unpaired) electrons. The van der Waals surface area contributed by atoms with Gasteiger partial charge in [0.25, 0.3) is 11.8 Å². The number of para-hydroxylation sites is 3. The Balaban J connectivity index is 1.24. The zero-order chi connectivity index (χ0) is 37.2. The third kappa shape index (κ3) is 7.09. The molecule has 4 aromatic heterocycles. The Bertz CT molecular complexity index is 2440. The van der Waals surface area contributed by atoms with Gasteiger partial charge in [-0.25, -0.2) is 0 Å². The van der Waals surface area contributed by atoms with Gasteiger partial charge < -0.3 is 18.3 Å². The van der Waals surface area contributed by atoms with E-state index in [9.17, 15) is 9.59 Å². The number of likely N-dealkylation sites (tertiary alicyclic amines) is 1. The Morgan fingerprint density at radius 1 is 0.679 bits per heavy atom. The maximum atomic E-state index is 13.8. The number of aromatic nitrogens is 8. The Hall–Kier alpha value is -5.30. The summed E-state index contributed by atoms with van der Waals surface area (Å²) in [4.78, 5) is 39.4. The van der Waals surface area contributed by atoms with Crippen molar-refractivity contribution in [1.29, 1.82) is 0 Å². The quantitative estimate of drug-likeness (QED) is 0.169. The molecule has 0 spiro atoms. The molecule has 1 saturated heterocycles. The number of hydrogen-bond donors (Lipinski definition) is 0. The third-order valence-electron chi connectivity index (χ3n) is 10.4. The molecule has 1 aliphatic rings. The summed E-state index contributed by atoms with van der Waals surface area (Å²) < 4.78 is 11.9. The van der Waals surface area contributed by atoms with Crippen molar-refractivity contribution in [2.24, 2.45) is 24.1 Å². The molecule has 5 heterocycles. The molecule has 278 valence electrons. The molecular formula is C40H51N11O2. The number of rotatable bonds is 11. The van der Waals surface area contributed by atoms with E-state index in [4.69, 9.17) is 4.99 Å². The van der Waals surface area contributed by atoms with E-state index in [0.29, 0.717) is 48.8 Å². The van der Waals surface area contributed by atoms with Gasteiger partial charge in [0.15, 0.2) is 0 Å². The Morgan fingerprint density at radius 2 is 1.21 bits per heavy atom. The summed E-state index contributed by atoms with van der Waals surface area (Å²) in [5.41, 5.74) is 9.23. The van der Waals surface area contributed by atoms with E-state index in [1.807, 2.05) is 64.6 Å². The summed E-state index contributed by atoms with van der Waals surface area (Å²) >= 11 is 0. The van der Waals surface area contributed by atoms with E-state index >= 15 is 0 Å². The number of nitrogens with zero attached hydrogens (tertiary/aromatic N) is 11. The minimum atomic E-state index is -0.310. The van der Waals surface area contributed by atoms with Crippen molar-refractivity contribution in [1.82, 2.24) is 42.7 Å². The zero-order valence-corrected chi connectivity index (χ0v) is 31.9. The number of hydrogen-bond acceptors (Lipinski definition) is 5. The highest BCUT2D eigenvalue weighted by Gasteiger charge is 2.20. The van der Waals surface area contributed by atoms with Gasteiger partial charge in [-0.3, -0.25) is 23.9 Å². The van der Waals surface area contributed by atoms with E-state index < -0.39 is 0 Å². The van der Waals surface area contributed by atoms with Crippen molar-refractivity contribution in [3.05, 3.63) is 94.2 Å². The lowest BCUT2D eigenvalue weighted by Gasteiger charge is -2.26. The minimum Gasteiger partial charge on any atom is -0.313 e. The standard InChI is InChI=1S/C40H51N11O2/c1-7-50-34(25-28(3)43-50)37(52)41-39-45(5)31-18-10-11-19-32(31)48(39)23-14-15-24-49-36-30(27-47-21-12-9-13-22-47)17-16-20-33(36)46(6)40(49)42-38(53)35-26-29(4)44-51(35)8-2/h10-11,16-20,25-26H,7-9,12-15,21-24,27H2,1-6H3/b41-39+,42-40?. The second-order valence-corrected chi connectivity index (χ2v) is 14.1. The highest BCUT2D eigenvalue weighted by atomic mass is 16.2. The van der Waals surface area contributed by atoms with Crippen LogP contribution in [-0.4, -0.2) is 67.6 Å². The first kappa shape index (κ1) is 36.1. The maximum absolute atomic E-state index is 13.8. The Morgan fingerprint density at radius 3 is 1.81 bits per heavy atom. The summed E-state index contributed by atoms with van der Waals surface area (Å²) in [6, 6.07) is 18.2. The topological polar surface area (TPSA) is 117 Å². The van der Waals surface area contributed by atoms with Crippen LogP contribution in [0.15, 0.2) is 64.6 Å². The van der Waals surface area contributed by atoms with Gasteiger partial charge in [-0.1, -0.05) is 30.7 Å². The monoisotopic (exact) mass is 717 g/mol. The Kier molecular flexibility index (Phi) is 10.5. The fourth-order valence-corrected chi connectivity index (χ4v) is 7.86. The Labute approximate surface area is 309 Å². The van der Waals surface area contributed by atoms with E-state index in [0.717, 1.165) is 65.9 Å². The number of benzene rings is 2. The molecule has 53 heavy (non-hydrogen) atoms. The average Bonchev–Trinajstić information content (AvgIpc) is 3.89. The highest BCUT2D eigenvalue weighted by molar-refractivity contribution is 5.94. The van der Waals surface area contributed by atoms with Gasteiger partial charge in [-0.2, -0.15) is 20.2 Å². The summed E-state index contributed by atoms with van der Waals surface area (Å²) in [5.74, 6) is -0.610. The summed E-state index contributed by atoms with van der Waals surface area (Å²) in [7, 11) is 3.96. The van der Waals surface area contributed by atoms with E-state index in [-0.39, 0.29) is 11.8 Å². The zero-order valence-electron chi connectivity index (χ0n) is 31.9. The minimum absolute atomic E-state index is 0.300. The second-order valence-electron chi connectivity index (χ2n) is 14.1. The van der Waals surface area contributed by atoms with Crippen LogP contribution in [0.3, 0.4) is 0 Å². The summed E-state index contributed by atoms with van der Waals surface area (Å²) in [6.45, 7) is 13.3. The number of carbonyl (C=O) groups is 2. The molecule has 13 heteroatoms. The van der Waals surface area contributed by atoms with Crippen molar-refractivity contribution in [3.8, 4) is 0 Å². The molecule has 1 fully saturated rings. The molecule has 0 unspecified atom stereocenters. The number of imidazole rings is 2. The molecule has 2 amide bonds. The SMILES string of the molecule is CCn1nc(C)cc1C(=O)N=c1n(C)c2cccc(CN3CCCCC3)c2n1CCCCn1/c(=N/C(=O)c2cc(C)nn2CC)n(C)c2ccccc21. The molecule has 0 bridgehead atoms. The van der Waals surface area contributed by atoms with Gasteiger partial charge in [-0.05, 0) is 102 Å². The summed E-state index contributed by atoms with van der Waals surface area (Å²) in [5, 5.41) is 8.97. The molecule has 0 atom stereocenters. The van der Waals surface area contributed by atoms with Gasteiger partial charge in [-0.15, -0.1) is 0 Å². The largest absolute Gasteiger partial charge is 0.313 e. The average molecular weight is 718 g/mol. The van der Waals surface area contributed by atoms with Gasteiger partial charge in [0, 0.05) is 46.8 Å². The van der Waals surface area contributed by atoms with Gasteiger partial charge in [0.1, 0.15) is 11.4 Å². The van der Waals surface area contributed by atoms with Gasteiger partial charge in [0.2, 0.25) is 11.2 Å². The second kappa shape index (κ2) is 15.4. The van der Waals surface area contributed by atoms with Gasteiger partial charge >= 0.3 is 0 Å². The maximum Gasteiger partial charge on any atom is 0.298 e. The molecule has 0 N–H and O–H groups in total. The number of piperidine rings is 1. The smallest absolute Gasteiger partial charge is 0.298 e. The van der Waals surface area contributed by atoms with Crippen molar-refractivity contribution in [3.63, 3.8) is 0 Å². The third-order valence-corrected chi connectivity index (χ3v) is 10.4. The predicted octanol–water partition coefficient (Wildman–Crippen LogP) is 5.27. The van der Waals surface area contributed by atoms with Crippen molar-refractivity contribution in [2.75, 3.05) is 13.1 Å². The van der Waals surface area contributed by atoms with Crippen LogP contribution in [0.2, 0.25) is 0 Å². The first-order chi connectivity index (χ1) is 25.7. The van der Waals surface area contributed by atoms with E-state index in [2.05, 4.69) is 64.1 Å². The van der Waals surface area contributed by atoms with Crippen molar-refractivity contribution >= 4 is 33.9 Å². The molecule has 0 saturated carbocycles. The number of unbranched alkanes of at least 4 members (excludes halogenated alkanes) is 1. The molecule has 2 aromatic carbocycles.